The first kappa shape index (κ1) is 13.7. The lowest BCUT2D eigenvalue weighted by Crippen LogP contribution is -2.27. The molecular weight excluding hydrogens is 273 g/mol. The summed E-state index contributed by atoms with van der Waals surface area (Å²) < 4.78 is 25.2. The molecule has 0 unspecified atom stereocenters. The molecule has 0 saturated carbocycles. The largest absolute Gasteiger partial charge is 0.395 e. The van der Waals surface area contributed by atoms with Crippen molar-refractivity contribution in [3.8, 4) is 0 Å². The topological polar surface area (TPSA) is 66.4 Å². The minimum atomic E-state index is -3.47. The van der Waals surface area contributed by atoms with Gasteiger partial charge in [-0.3, -0.25) is 0 Å². The second-order valence-corrected chi connectivity index (χ2v) is 5.76. The number of benzene rings is 1. The van der Waals surface area contributed by atoms with Crippen LogP contribution in [0.4, 0.5) is 0 Å². The molecule has 0 heterocycles. The summed E-state index contributed by atoms with van der Waals surface area (Å²) in [5, 5.41) is 9.28. The van der Waals surface area contributed by atoms with E-state index in [2.05, 4.69) is 4.72 Å². The molecule has 4 nitrogen and oxygen atoms in total. The Labute approximate surface area is 104 Å². The summed E-state index contributed by atoms with van der Waals surface area (Å²) in [5.74, 6) is -0.233. The lowest BCUT2D eigenvalue weighted by molar-refractivity contribution is 0.301. The van der Waals surface area contributed by atoms with E-state index in [4.69, 9.17) is 28.3 Å². The van der Waals surface area contributed by atoms with Crippen LogP contribution in [0.1, 0.15) is 5.56 Å². The van der Waals surface area contributed by atoms with Crippen molar-refractivity contribution in [3.05, 3.63) is 33.8 Å². The van der Waals surface area contributed by atoms with E-state index in [1.54, 1.807) is 12.1 Å². The maximum absolute atomic E-state index is 11.5. The Morgan fingerprint density at radius 3 is 2.56 bits per heavy atom. The molecule has 7 heteroatoms. The Morgan fingerprint density at radius 2 is 2.00 bits per heavy atom. The minimum Gasteiger partial charge on any atom is -0.395 e. The summed E-state index contributed by atoms with van der Waals surface area (Å²) in [4.78, 5) is 0. The number of sulfonamides is 1. The van der Waals surface area contributed by atoms with Crippen LogP contribution in [0.25, 0.3) is 0 Å². The number of hydrogen-bond acceptors (Lipinski definition) is 3. The molecule has 0 aliphatic heterocycles. The fraction of sp³-hybridized carbons (Fsp3) is 0.333. The highest BCUT2D eigenvalue weighted by atomic mass is 35.5. The quantitative estimate of drug-likeness (QED) is 0.859. The number of halogens is 2. The van der Waals surface area contributed by atoms with Gasteiger partial charge in [-0.15, -0.1) is 0 Å². The van der Waals surface area contributed by atoms with E-state index in [1.807, 2.05) is 0 Å². The molecule has 0 aromatic heterocycles. The van der Waals surface area contributed by atoms with Crippen LogP contribution in [0, 0.1) is 0 Å². The Morgan fingerprint density at radius 1 is 1.31 bits per heavy atom. The summed E-state index contributed by atoms with van der Waals surface area (Å²) in [7, 11) is -3.47. The Balaban J connectivity index is 2.80. The molecule has 16 heavy (non-hydrogen) atoms. The molecule has 0 amide bonds. The molecule has 1 rings (SSSR count). The average Bonchev–Trinajstić information content (AvgIpc) is 2.19. The van der Waals surface area contributed by atoms with Gasteiger partial charge in [0.1, 0.15) is 0 Å². The van der Waals surface area contributed by atoms with Crippen LogP contribution < -0.4 is 4.72 Å². The molecule has 0 aliphatic carbocycles. The van der Waals surface area contributed by atoms with Gasteiger partial charge in [0.05, 0.1) is 12.4 Å². The van der Waals surface area contributed by atoms with Crippen molar-refractivity contribution in [2.45, 2.75) is 5.75 Å². The van der Waals surface area contributed by atoms with E-state index < -0.39 is 10.0 Å². The van der Waals surface area contributed by atoms with Crippen molar-refractivity contribution in [2.24, 2.45) is 0 Å². The summed E-state index contributed by atoms with van der Waals surface area (Å²) >= 11 is 11.5. The normalized spacial score (nSPS) is 11.7. The fourth-order valence-corrected chi connectivity index (χ4v) is 2.82. The second kappa shape index (κ2) is 5.84. The summed E-state index contributed by atoms with van der Waals surface area (Å²) in [6.45, 7) is -0.249. The highest BCUT2D eigenvalue weighted by Gasteiger charge is 2.13. The van der Waals surface area contributed by atoms with Crippen LogP contribution in [0.15, 0.2) is 18.2 Å². The first-order valence-electron chi connectivity index (χ1n) is 4.47. The van der Waals surface area contributed by atoms with Crippen molar-refractivity contribution >= 4 is 33.2 Å². The van der Waals surface area contributed by atoms with E-state index in [0.717, 1.165) is 0 Å². The zero-order chi connectivity index (χ0) is 12.2. The third-order valence-electron chi connectivity index (χ3n) is 1.79. The lowest BCUT2D eigenvalue weighted by atomic mass is 10.2. The van der Waals surface area contributed by atoms with Crippen LogP contribution in [0.2, 0.25) is 10.0 Å². The lowest BCUT2D eigenvalue weighted by Gasteiger charge is -2.07. The summed E-state index contributed by atoms with van der Waals surface area (Å²) in [6.07, 6.45) is 0. The molecular formula is C9H11Cl2NO3S. The van der Waals surface area contributed by atoms with Gasteiger partial charge < -0.3 is 5.11 Å². The van der Waals surface area contributed by atoms with Crippen LogP contribution in [0.3, 0.4) is 0 Å². The number of hydrogen-bond donors (Lipinski definition) is 2. The molecule has 0 radical (unpaired) electrons. The van der Waals surface area contributed by atoms with Crippen molar-refractivity contribution < 1.29 is 13.5 Å². The van der Waals surface area contributed by atoms with Crippen LogP contribution in [0.5, 0.6) is 0 Å². The summed E-state index contributed by atoms with van der Waals surface area (Å²) in [5.41, 5.74) is 0.469. The van der Waals surface area contributed by atoms with Crippen LogP contribution in [-0.2, 0) is 15.8 Å². The zero-order valence-electron chi connectivity index (χ0n) is 8.28. The van der Waals surface area contributed by atoms with Gasteiger partial charge in [0.2, 0.25) is 10.0 Å². The van der Waals surface area contributed by atoms with Gasteiger partial charge in [-0.1, -0.05) is 29.3 Å². The van der Waals surface area contributed by atoms with Gasteiger partial charge in [0.15, 0.2) is 0 Å². The number of nitrogens with one attached hydrogen (secondary N) is 1. The molecule has 2 N–H and O–H groups in total. The van der Waals surface area contributed by atoms with Gasteiger partial charge in [0, 0.05) is 16.6 Å². The summed E-state index contributed by atoms with van der Waals surface area (Å²) in [6, 6.07) is 4.62. The second-order valence-electron chi connectivity index (χ2n) is 3.11. The number of aliphatic hydroxyl groups is 1. The van der Waals surface area contributed by atoms with Gasteiger partial charge in [0.25, 0.3) is 0 Å². The van der Waals surface area contributed by atoms with Crippen molar-refractivity contribution in [2.75, 3.05) is 13.2 Å². The molecule has 0 bridgehead atoms. The molecule has 1 aromatic rings. The Kier molecular flexibility index (Phi) is 5.01. The van der Waals surface area contributed by atoms with E-state index in [-0.39, 0.29) is 18.9 Å². The van der Waals surface area contributed by atoms with Crippen LogP contribution in [-0.4, -0.2) is 26.7 Å². The van der Waals surface area contributed by atoms with Crippen molar-refractivity contribution in [1.82, 2.24) is 4.72 Å². The first-order valence-corrected chi connectivity index (χ1v) is 6.87. The predicted octanol–water partition coefficient (Wildman–Crippen LogP) is 1.41. The third kappa shape index (κ3) is 4.27. The fourth-order valence-electron chi connectivity index (χ4n) is 1.10. The van der Waals surface area contributed by atoms with Crippen molar-refractivity contribution in [3.63, 3.8) is 0 Å². The predicted molar refractivity (Wildman–Crippen MR) is 64.2 cm³/mol. The van der Waals surface area contributed by atoms with E-state index in [1.165, 1.54) is 6.07 Å². The first-order chi connectivity index (χ1) is 7.44. The maximum atomic E-state index is 11.5. The SMILES string of the molecule is O=S(=O)(Cc1ccc(Cl)cc1Cl)NCCO. The molecule has 0 aliphatic rings. The van der Waals surface area contributed by atoms with E-state index in [9.17, 15) is 8.42 Å². The highest BCUT2D eigenvalue weighted by molar-refractivity contribution is 7.88. The molecule has 0 saturated heterocycles. The minimum absolute atomic E-state index is 0.00641. The third-order valence-corrected chi connectivity index (χ3v) is 3.72. The standard InChI is InChI=1S/C9H11Cl2NO3S/c10-8-2-1-7(9(11)5-8)6-16(14,15)12-3-4-13/h1-2,5,12-13H,3-4,6H2. The molecule has 90 valence electrons. The van der Waals surface area contributed by atoms with Gasteiger partial charge in [-0.25, -0.2) is 13.1 Å². The van der Waals surface area contributed by atoms with E-state index in [0.29, 0.717) is 15.6 Å². The average molecular weight is 284 g/mol. The monoisotopic (exact) mass is 283 g/mol. The molecule has 1 aromatic carbocycles. The highest BCUT2D eigenvalue weighted by Crippen LogP contribution is 2.22. The van der Waals surface area contributed by atoms with Gasteiger partial charge in [-0.05, 0) is 17.7 Å². The van der Waals surface area contributed by atoms with Gasteiger partial charge in [-0.2, -0.15) is 0 Å². The van der Waals surface area contributed by atoms with Crippen molar-refractivity contribution in [1.29, 1.82) is 0 Å². The smallest absolute Gasteiger partial charge is 0.215 e. The van der Waals surface area contributed by atoms with Gasteiger partial charge >= 0.3 is 0 Å². The Bertz CT molecular complexity index is 462. The zero-order valence-corrected chi connectivity index (χ0v) is 10.6. The number of aliphatic hydroxyl groups excluding tert-OH is 1. The molecule has 0 atom stereocenters. The molecule has 0 spiro atoms. The number of rotatable bonds is 5. The van der Waals surface area contributed by atoms with Crippen LogP contribution >= 0.6 is 23.2 Å². The van der Waals surface area contributed by atoms with E-state index >= 15 is 0 Å². The Hall–Kier alpha value is -0.330. The molecule has 0 fully saturated rings. The maximum Gasteiger partial charge on any atom is 0.215 e.